The molecule has 5 heteroatoms. The number of nitrogens with one attached hydrogen (secondary N) is 1. The number of rotatable bonds is 4. The maximum atomic E-state index is 13.8. The lowest BCUT2D eigenvalue weighted by atomic mass is 9.89. The number of benzene rings is 2. The molecule has 2 aromatic carbocycles. The van der Waals surface area contributed by atoms with E-state index < -0.39 is 11.6 Å². The molecule has 1 heterocycles. The average molecular weight is 290 g/mol. The van der Waals surface area contributed by atoms with Crippen molar-refractivity contribution in [2.45, 2.75) is 18.4 Å². The van der Waals surface area contributed by atoms with Gasteiger partial charge in [-0.1, -0.05) is 18.2 Å². The van der Waals surface area contributed by atoms with Crippen LogP contribution in [-0.2, 0) is 6.42 Å². The molecule has 0 saturated carbocycles. The van der Waals surface area contributed by atoms with Crippen LogP contribution in [0.5, 0.6) is 5.75 Å². The second kappa shape index (κ2) is 5.79. The first kappa shape index (κ1) is 14.0. The van der Waals surface area contributed by atoms with Crippen molar-refractivity contribution in [3.8, 4) is 5.75 Å². The van der Waals surface area contributed by atoms with Crippen molar-refractivity contribution < 1.29 is 13.5 Å². The third kappa shape index (κ3) is 2.75. The van der Waals surface area contributed by atoms with E-state index in [9.17, 15) is 8.78 Å². The lowest BCUT2D eigenvalue weighted by Gasteiger charge is -2.22. The average Bonchev–Trinajstić information content (AvgIpc) is 2.92. The van der Waals surface area contributed by atoms with Crippen molar-refractivity contribution >= 4 is 0 Å². The van der Waals surface area contributed by atoms with Crippen molar-refractivity contribution in [2.24, 2.45) is 5.84 Å². The molecule has 2 atom stereocenters. The zero-order valence-corrected chi connectivity index (χ0v) is 11.4. The lowest BCUT2D eigenvalue weighted by molar-refractivity contribution is 0.297. The first-order valence-corrected chi connectivity index (χ1v) is 6.81. The van der Waals surface area contributed by atoms with Crippen LogP contribution >= 0.6 is 0 Å². The topological polar surface area (TPSA) is 47.3 Å². The second-order valence-corrected chi connectivity index (χ2v) is 5.17. The van der Waals surface area contributed by atoms with Crippen LogP contribution in [0.15, 0.2) is 42.5 Å². The second-order valence-electron chi connectivity index (χ2n) is 5.17. The predicted molar refractivity (Wildman–Crippen MR) is 75.9 cm³/mol. The molecule has 0 amide bonds. The Bertz CT molecular complexity index is 648. The van der Waals surface area contributed by atoms with E-state index in [1.165, 1.54) is 6.07 Å². The number of halogens is 2. The van der Waals surface area contributed by atoms with Gasteiger partial charge in [0.25, 0.3) is 0 Å². The molecule has 21 heavy (non-hydrogen) atoms. The van der Waals surface area contributed by atoms with Crippen molar-refractivity contribution in [3.05, 3.63) is 65.2 Å². The number of ether oxygens (including phenoxy) is 1. The molecule has 0 spiro atoms. The predicted octanol–water partition coefficient (Wildman–Crippen LogP) is 2.52. The Balaban J connectivity index is 1.85. The zero-order chi connectivity index (χ0) is 14.8. The summed E-state index contributed by atoms with van der Waals surface area (Å²) in [5, 5.41) is 0. The largest absolute Gasteiger partial charge is 0.493 e. The molecule has 0 aromatic heterocycles. The van der Waals surface area contributed by atoms with Crippen LogP contribution in [0.2, 0.25) is 0 Å². The van der Waals surface area contributed by atoms with Gasteiger partial charge in [0.1, 0.15) is 17.4 Å². The molecule has 2 aromatic rings. The summed E-state index contributed by atoms with van der Waals surface area (Å²) < 4.78 is 32.7. The van der Waals surface area contributed by atoms with Crippen LogP contribution < -0.4 is 16.0 Å². The Morgan fingerprint density at radius 3 is 2.86 bits per heavy atom. The van der Waals surface area contributed by atoms with Gasteiger partial charge >= 0.3 is 0 Å². The molecule has 3 nitrogen and oxygen atoms in total. The summed E-state index contributed by atoms with van der Waals surface area (Å²) in [6, 6.07) is 10.9. The molecule has 110 valence electrons. The molecule has 3 N–H and O–H groups in total. The van der Waals surface area contributed by atoms with E-state index in [2.05, 4.69) is 5.43 Å². The Kier molecular flexibility index (Phi) is 3.86. The van der Waals surface area contributed by atoms with Gasteiger partial charge in [0, 0.05) is 17.5 Å². The fourth-order valence-corrected chi connectivity index (χ4v) is 2.77. The number of hydrogen-bond acceptors (Lipinski definition) is 3. The summed E-state index contributed by atoms with van der Waals surface area (Å²) in [4.78, 5) is 0. The van der Waals surface area contributed by atoms with E-state index in [0.717, 1.165) is 23.4 Å². The van der Waals surface area contributed by atoms with Gasteiger partial charge in [-0.2, -0.15) is 0 Å². The molecule has 0 aliphatic carbocycles. The molecule has 1 aliphatic heterocycles. The Labute approximate surface area is 121 Å². The molecular weight excluding hydrogens is 274 g/mol. The molecular formula is C16H16F2N2O. The molecule has 3 rings (SSSR count). The number of nitrogens with two attached hydrogens (primary N) is 1. The zero-order valence-electron chi connectivity index (χ0n) is 11.4. The normalized spacial score (nSPS) is 18.1. The van der Waals surface area contributed by atoms with Crippen LogP contribution in [0.1, 0.15) is 17.0 Å². The van der Waals surface area contributed by atoms with Crippen LogP contribution in [0.4, 0.5) is 8.78 Å². The third-order valence-electron chi connectivity index (χ3n) is 3.88. The van der Waals surface area contributed by atoms with Crippen molar-refractivity contribution in [1.82, 2.24) is 5.43 Å². The fraction of sp³-hybridized carbons (Fsp3) is 0.250. The van der Waals surface area contributed by atoms with Gasteiger partial charge in [-0.3, -0.25) is 11.3 Å². The first-order valence-electron chi connectivity index (χ1n) is 6.81. The maximum absolute atomic E-state index is 13.8. The summed E-state index contributed by atoms with van der Waals surface area (Å²) in [6.07, 6.45) is 0.294. The van der Waals surface area contributed by atoms with Gasteiger partial charge in [-0.15, -0.1) is 0 Å². The highest BCUT2D eigenvalue weighted by molar-refractivity contribution is 5.41. The molecule has 1 aliphatic rings. The Morgan fingerprint density at radius 2 is 2.05 bits per heavy atom. The summed E-state index contributed by atoms with van der Waals surface area (Å²) in [6.45, 7) is 0.477. The highest BCUT2D eigenvalue weighted by Crippen LogP contribution is 2.36. The summed E-state index contributed by atoms with van der Waals surface area (Å²) >= 11 is 0. The lowest BCUT2D eigenvalue weighted by Crippen LogP contribution is -2.42. The van der Waals surface area contributed by atoms with Gasteiger partial charge in [0.05, 0.1) is 6.61 Å². The van der Waals surface area contributed by atoms with E-state index >= 15 is 0 Å². The van der Waals surface area contributed by atoms with Gasteiger partial charge < -0.3 is 4.74 Å². The summed E-state index contributed by atoms with van der Waals surface area (Å²) in [7, 11) is 0. The maximum Gasteiger partial charge on any atom is 0.126 e. The first-order chi connectivity index (χ1) is 10.2. The molecule has 0 bridgehead atoms. The van der Waals surface area contributed by atoms with Crippen LogP contribution in [0.3, 0.4) is 0 Å². The molecule has 0 radical (unpaired) electrons. The summed E-state index contributed by atoms with van der Waals surface area (Å²) in [5.74, 6) is 5.57. The monoisotopic (exact) mass is 290 g/mol. The highest BCUT2D eigenvalue weighted by atomic mass is 19.1. The minimum Gasteiger partial charge on any atom is -0.493 e. The standard InChI is InChI=1S/C16H16F2N2O/c17-11-5-6-14(18)10(7-11)8-15(20-19)13-9-21-16-4-2-1-3-12(13)16/h1-7,13,15,20H,8-9,19H2. The fourth-order valence-electron chi connectivity index (χ4n) is 2.77. The third-order valence-corrected chi connectivity index (χ3v) is 3.88. The van der Waals surface area contributed by atoms with E-state index in [-0.39, 0.29) is 12.0 Å². The summed E-state index contributed by atoms with van der Waals surface area (Å²) in [5.41, 5.74) is 4.06. The van der Waals surface area contributed by atoms with Crippen molar-refractivity contribution in [1.29, 1.82) is 0 Å². The molecule has 2 unspecified atom stereocenters. The van der Waals surface area contributed by atoms with Crippen LogP contribution in [0.25, 0.3) is 0 Å². The molecule has 0 fully saturated rings. The van der Waals surface area contributed by atoms with E-state index in [1.54, 1.807) is 0 Å². The SMILES string of the molecule is NNC(Cc1cc(F)ccc1F)C1COc2ccccc21. The van der Waals surface area contributed by atoms with Gasteiger partial charge in [0.2, 0.25) is 0 Å². The van der Waals surface area contributed by atoms with Gasteiger partial charge in [-0.05, 0) is 36.2 Å². The van der Waals surface area contributed by atoms with Gasteiger partial charge in [-0.25, -0.2) is 8.78 Å². The number of hydrazine groups is 1. The van der Waals surface area contributed by atoms with Crippen molar-refractivity contribution in [2.75, 3.05) is 6.61 Å². The quantitative estimate of drug-likeness (QED) is 0.672. The van der Waals surface area contributed by atoms with E-state index in [4.69, 9.17) is 10.6 Å². The highest BCUT2D eigenvalue weighted by Gasteiger charge is 2.31. The van der Waals surface area contributed by atoms with Crippen molar-refractivity contribution in [3.63, 3.8) is 0 Å². The minimum absolute atomic E-state index is 0.00821. The number of hydrogen-bond donors (Lipinski definition) is 2. The Hall–Kier alpha value is -1.98. The number of fused-ring (bicyclic) bond motifs is 1. The smallest absolute Gasteiger partial charge is 0.126 e. The van der Waals surface area contributed by atoms with Crippen LogP contribution in [-0.4, -0.2) is 12.6 Å². The van der Waals surface area contributed by atoms with E-state index in [1.807, 2.05) is 24.3 Å². The van der Waals surface area contributed by atoms with Crippen LogP contribution in [0, 0.1) is 11.6 Å². The number of para-hydroxylation sites is 1. The van der Waals surface area contributed by atoms with E-state index in [0.29, 0.717) is 18.6 Å². The minimum atomic E-state index is -0.453. The van der Waals surface area contributed by atoms with Gasteiger partial charge in [0.15, 0.2) is 0 Å². The molecule has 0 saturated heterocycles. The Morgan fingerprint density at radius 1 is 1.24 bits per heavy atom.